The number of nitrogens with zero attached hydrogens (tertiary/aromatic N) is 2. The van der Waals surface area contributed by atoms with Crippen LogP contribution in [0.5, 0.6) is 5.75 Å². The van der Waals surface area contributed by atoms with Crippen LogP contribution in [0.25, 0.3) is 5.69 Å². The first kappa shape index (κ1) is 14.4. The Labute approximate surface area is 137 Å². The van der Waals surface area contributed by atoms with Crippen LogP contribution in [0.3, 0.4) is 0 Å². The van der Waals surface area contributed by atoms with Gasteiger partial charge >= 0.3 is 0 Å². The van der Waals surface area contributed by atoms with Gasteiger partial charge in [0.2, 0.25) is 5.91 Å². The largest absolute Gasteiger partial charge is 0.508 e. The molecular weight excluding hydrogens is 309 g/mol. The van der Waals surface area contributed by atoms with Crippen molar-refractivity contribution in [2.24, 2.45) is 0 Å². The molecule has 4 rings (SSSR count). The van der Waals surface area contributed by atoms with Crippen LogP contribution in [-0.2, 0) is 4.79 Å². The molecule has 0 unspecified atom stereocenters. The van der Waals surface area contributed by atoms with E-state index in [1.54, 1.807) is 47.3 Å². The van der Waals surface area contributed by atoms with E-state index in [0.29, 0.717) is 17.9 Å². The number of phenols is 1. The highest BCUT2D eigenvalue weighted by molar-refractivity contribution is 5.94. The first-order chi connectivity index (χ1) is 11.6. The van der Waals surface area contributed by atoms with Crippen molar-refractivity contribution in [2.45, 2.75) is 12.3 Å². The molecule has 1 amide bonds. The number of hydrogen-bond acceptors (Lipinski definition) is 3. The number of aromatic nitrogens is 2. The summed E-state index contributed by atoms with van der Waals surface area (Å²) in [5.41, 5.74) is 2.50. The van der Waals surface area contributed by atoms with Crippen LogP contribution in [0, 0.1) is 5.82 Å². The highest BCUT2D eigenvalue weighted by Gasteiger charge is 2.30. The van der Waals surface area contributed by atoms with E-state index in [4.69, 9.17) is 0 Å². The Kier molecular flexibility index (Phi) is 3.30. The number of hydrogen-bond donors (Lipinski definition) is 2. The third-order valence-electron chi connectivity index (χ3n) is 4.19. The summed E-state index contributed by atoms with van der Waals surface area (Å²) >= 11 is 0. The lowest BCUT2D eigenvalue weighted by molar-refractivity contribution is -0.116. The summed E-state index contributed by atoms with van der Waals surface area (Å²) < 4.78 is 14.7. The van der Waals surface area contributed by atoms with Crippen molar-refractivity contribution in [1.82, 2.24) is 9.78 Å². The van der Waals surface area contributed by atoms with Gasteiger partial charge in [-0.3, -0.25) is 4.79 Å². The van der Waals surface area contributed by atoms with Crippen LogP contribution in [0.1, 0.15) is 23.5 Å². The van der Waals surface area contributed by atoms with Crippen molar-refractivity contribution >= 4 is 11.7 Å². The number of carbonyl (C=O) groups excluding carboxylic acids is 1. The predicted molar refractivity (Wildman–Crippen MR) is 86.7 cm³/mol. The van der Waals surface area contributed by atoms with E-state index in [9.17, 15) is 14.3 Å². The molecule has 2 N–H and O–H groups in total. The zero-order chi connectivity index (χ0) is 16.7. The molecule has 3 aromatic rings. The molecule has 0 saturated heterocycles. The van der Waals surface area contributed by atoms with E-state index in [-0.39, 0.29) is 23.4 Å². The molecule has 2 aromatic carbocycles. The second-order valence-electron chi connectivity index (χ2n) is 5.73. The topological polar surface area (TPSA) is 67.1 Å². The fourth-order valence-electron chi connectivity index (χ4n) is 3.00. The number of aromatic hydroxyl groups is 1. The highest BCUT2D eigenvalue weighted by atomic mass is 19.1. The Bertz CT molecular complexity index is 901. The minimum Gasteiger partial charge on any atom is -0.508 e. The van der Waals surface area contributed by atoms with Gasteiger partial charge in [-0.05, 0) is 42.0 Å². The van der Waals surface area contributed by atoms with Crippen LogP contribution in [0.2, 0.25) is 0 Å². The number of anilines is 1. The number of fused-ring (bicyclic) bond motifs is 1. The van der Waals surface area contributed by atoms with E-state index in [1.807, 2.05) is 0 Å². The molecule has 5 nitrogen and oxygen atoms in total. The highest BCUT2D eigenvalue weighted by Crippen LogP contribution is 2.38. The third-order valence-corrected chi connectivity index (χ3v) is 4.19. The van der Waals surface area contributed by atoms with Crippen molar-refractivity contribution in [1.29, 1.82) is 0 Å². The Balaban J connectivity index is 1.80. The van der Waals surface area contributed by atoms with Gasteiger partial charge in [0, 0.05) is 17.9 Å². The van der Waals surface area contributed by atoms with Gasteiger partial charge in [-0.15, -0.1) is 0 Å². The maximum Gasteiger partial charge on any atom is 0.226 e. The number of rotatable bonds is 2. The van der Waals surface area contributed by atoms with E-state index >= 15 is 0 Å². The SMILES string of the molecule is O=C1C[C@H](c2ccc(O)cc2)c2cnn(-c3ccc(F)cc3)c2N1. The number of nitrogens with one attached hydrogen (secondary N) is 1. The van der Waals surface area contributed by atoms with Gasteiger partial charge in [0.05, 0.1) is 11.9 Å². The number of halogens is 1. The molecule has 0 aliphatic carbocycles. The molecule has 24 heavy (non-hydrogen) atoms. The second-order valence-corrected chi connectivity index (χ2v) is 5.73. The van der Waals surface area contributed by atoms with E-state index in [0.717, 1.165) is 11.1 Å². The Morgan fingerprint density at radius 3 is 2.54 bits per heavy atom. The van der Waals surface area contributed by atoms with Gasteiger partial charge in [-0.25, -0.2) is 9.07 Å². The smallest absolute Gasteiger partial charge is 0.226 e. The molecule has 0 radical (unpaired) electrons. The zero-order valence-electron chi connectivity index (χ0n) is 12.6. The first-order valence-electron chi connectivity index (χ1n) is 7.54. The van der Waals surface area contributed by atoms with Crippen LogP contribution in [0.4, 0.5) is 10.2 Å². The maximum atomic E-state index is 13.1. The molecule has 2 heterocycles. The van der Waals surface area contributed by atoms with Crippen molar-refractivity contribution in [3.63, 3.8) is 0 Å². The molecule has 0 fully saturated rings. The number of carbonyl (C=O) groups is 1. The van der Waals surface area contributed by atoms with Gasteiger partial charge in [-0.1, -0.05) is 12.1 Å². The number of amides is 1. The summed E-state index contributed by atoms with van der Waals surface area (Å²) in [6, 6.07) is 12.7. The lowest BCUT2D eigenvalue weighted by Gasteiger charge is -2.23. The first-order valence-corrected chi connectivity index (χ1v) is 7.54. The summed E-state index contributed by atoms with van der Waals surface area (Å²) in [6.07, 6.45) is 2.03. The lowest BCUT2D eigenvalue weighted by Crippen LogP contribution is -2.24. The van der Waals surface area contributed by atoms with Crippen LogP contribution < -0.4 is 5.32 Å². The number of benzene rings is 2. The average molecular weight is 323 g/mol. The van der Waals surface area contributed by atoms with E-state index in [1.165, 1.54) is 12.1 Å². The molecule has 120 valence electrons. The summed E-state index contributed by atoms with van der Waals surface area (Å²) in [4.78, 5) is 12.2. The van der Waals surface area contributed by atoms with Gasteiger partial charge in [-0.2, -0.15) is 5.10 Å². The molecule has 0 saturated carbocycles. The molecular formula is C18H14FN3O2. The standard InChI is InChI=1S/C18H14FN3O2/c19-12-3-5-13(6-4-12)22-18-16(10-20-22)15(9-17(24)21-18)11-1-7-14(23)8-2-11/h1-8,10,15,23H,9H2,(H,21,24)/t15-/m1/s1. The summed E-state index contributed by atoms with van der Waals surface area (Å²) in [5, 5.41) is 16.7. The van der Waals surface area contributed by atoms with Crippen molar-refractivity contribution in [2.75, 3.05) is 5.32 Å². The van der Waals surface area contributed by atoms with Crippen LogP contribution >= 0.6 is 0 Å². The van der Waals surface area contributed by atoms with E-state index in [2.05, 4.69) is 10.4 Å². The maximum absolute atomic E-state index is 13.1. The lowest BCUT2D eigenvalue weighted by atomic mass is 9.87. The fourth-order valence-corrected chi connectivity index (χ4v) is 3.00. The van der Waals surface area contributed by atoms with Gasteiger partial charge in [0.15, 0.2) is 0 Å². The zero-order valence-corrected chi connectivity index (χ0v) is 12.6. The minimum absolute atomic E-state index is 0.107. The Morgan fingerprint density at radius 1 is 1.12 bits per heavy atom. The molecule has 6 heteroatoms. The van der Waals surface area contributed by atoms with Crippen molar-refractivity contribution < 1.29 is 14.3 Å². The van der Waals surface area contributed by atoms with Gasteiger partial charge in [0.25, 0.3) is 0 Å². The fraction of sp³-hybridized carbons (Fsp3) is 0.111. The quantitative estimate of drug-likeness (QED) is 0.761. The Hall–Kier alpha value is -3.15. The molecule has 0 spiro atoms. The predicted octanol–water partition coefficient (Wildman–Crippen LogP) is 3.19. The summed E-state index contributed by atoms with van der Waals surface area (Å²) in [7, 11) is 0. The second kappa shape index (κ2) is 5.49. The monoisotopic (exact) mass is 323 g/mol. The summed E-state index contributed by atoms with van der Waals surface area (Å²) in [5.74, 6) is 0.205. The number of phenolic OH excluding ortho intramolecular Hbond substituents is 1. The van der Waals surface area contributed by atoms with Crippen molar-refractivity contribution in [3.05, 3.63) is 71.7 Å². The summed E-state index contributed by atoms with van der Waals surface area (Å²) in [6.45, 7) is 0. The van der Waals surface area contributed by atoms with Gasteiger partial charge < -0.3 is 10.4 Å². The van der Waals surface area contributed by atoms with E-state index < -0.39 is 0 Å². The van der Waals surface area contributed by atoms with Crippen LogP contribution in [-0.4, -0.2) is 20.8 Å². The van der Waals surface area contributed by atoms with Crippen molar-refractivity contribution in [3.8, 4) is 11.4 Å². The van der Waals surface area contributed by atoms with Gasteiger partial charge in [0.1, 0.15) is 17.4 Å². The normalized spacial score (nSPS) is 16.5. The molecule has 1 aromatic heterocycles. The molecule has 1 aliphatic heterocycles. The Morgan fingerprint density at radius 2 is 1.83 bits per heavy atom. The third kappa shape index (κ3) is 2.42. The van der Waals surface area contributed by atoms with Crippen LogP contribution in [0.15, 0.2) is 54.7 Å². The molecule has 0 bridgehead atoms. The minimum atomic E-state index is -0.328. The molecule has 1 aliphatic rings. The average Bonchev–Trinajstić information content (AvgIpc) is 2.99. The molecule has 1 atom stereocenters.